The van der Waals surface area contributed by atoms with Gasteiger partial charge in [0.1, 0.15) is 17.7 Å². The molecule has 1 aliphatic heterocycles. The highest BCUT2D eigenvalue weighted by Crippen LogP contribution is 2.33. The molecule has 9 heteroatoms. The SMILES string of the molecule is Cn1nnnc1C(C=C[C@@H]1C[C@@H](O)CC(=O)O1)=C(c1cccc(F)c1)c1cccc(F)c1. The molecule has 1 aromatic heterocycles. The van der Waals surface area contributed by atoms with E-state index in [1.165, 1.54) is 28.9 Å². The second kappa shape index (κ2) is 9.19. The number of carbonyl (C=O) groups is 1. The summed E-state index contributed by atoms with van der Waals surface area (Å²) >= 11 is 0. The summed E-state index contributed by atoms with van der Waals surface area (Å²) in [6.07, 6.45) is 1.97. The second-order valence-electron chi connectivity index (χ2n) is 7.42. The van der Waals surface area contributed by atoms with Crippen LogP contribution in [-0.4, -0.2) is 43.5 Å². The van der Waals surface area contributed by atoms with E-state index in [0.29, 0.717) is 28.1 Å². The third-order valence-corrected chi connectivity index (χ3v) is 5.02. The highest BCUT2D eigenvalue weighted by atomic mass is 19.1. The molecule has 0 aliphatic carbocycles. The molecule has 0 unspecified atom stereocenters. The Balaban J connectivity index is 1.93. The normalized spacial score (nSPS) is 18.6. The van der Waals surface area contributed by atoms with Gasteiger partial charge in [-0.1, -0.05) is 30.3 Å². The van der Waals surface area contributed by atoms with Gasteiger partial charge in [0.15, 0.2) is 5.82 Å². The van der Waals surface area contributed by atoms with Crippen molar-refractivity contribution in [2.24, 2.45) is 7.05 Å². The summed E-state index contributed by atoms with van der Waals surface area (Å²) in [5, 5.41) is 21.5. The monoisotopic (exact) mass is 438 g/mol. The fourth-order valence-electron chi connectivity index (χ4n) is 3.62. The lowest BCUT2D eigenvalue weighted by Crippen LogP contribution is -2.31. The van der Waals surface area contributed by atoms with Crippen LogP contribution in [0.4, 0.5) is 8.78 Å². The number of rotatable bonds is 5. The summed E-state index contributed by atoms with van der Waals surface area (Å²) in [4.78, 5) is 11.7. The Morgan fingerprint density at radius 3 is 2.34 bits per heavy atom. The smallest absolute Gasteiger partial charge is 0.309 e. The van der Waals surface area contributed by atoms with Gasteiger partial charge in [-0.3, -0.25) is 4.79 Å². The number of tetrazole rings is 1. The number of esters is 1. The van der Waals surface area contributed by atoms with Crippen LogP contribution in [0.3, 0.4) is 0 Å². The first-order chi connectivity index (χ1) is 15.4. The number of aliphatic hydroxyl groups excluding tert-OH is 1. The number of benzene rings is 2. The largest absolute Gasteiger partial charge is 0.458 e. The van der Waals surface area contributed by atoms with Crippen molar-refractivity contribution in [3.63, 3.8) is 0 Å². The van der Waals surface area contributed by atoms with Crippen LogP contribution >= 0.6 is 0 Å². The van der Waals surface area contributed by atoms with Crippen LogP contribution in [-0.2, 0) is 16.6 Å². The Kier molecular flexibility index (Phi) is 6.18. The molecule has 164 valence electrons. The highest BCUT2D eigenvalue weighted by molar-refractivity contribution is 6.00. The fourth-order valence-corrected chi connectivity index (χ4v) is 3.62. The molecule has 0 saturated carbocycles. The lowest BCUT2D eigenvalue weighted by molar-refractivity contribution is -0.156. The molecule has 0 amide bonds. The Hall–Kier alpha value is -3.72. The summed E-state index contributed by atoms with van der Waals surface area (Å²) in [5.41, 5.74) is 1.92. The summed E-state index contributed by atoms with van der Waals surface area (Å²) in [5.74, 6) is -1.08. The van der Waals surface area contributed by atoms with E-state index in [9.17, 15) is 18.7 Å². The quantitative estimate of drug-likeness (QED) is 0.487. The van der Waals surface area contributed by atoms with E-state index in [1.54, 1.807) is 43.5 Å². The molecule has 3 aromatic rings. The second-order valence-corrected chi connectivity index (χ2v) is 7.42. The van der Waals surface area contributed by atoms with Gasteiger partial charge in [-0.15, -0.1) is 5.10 Å². The zero-order valence-corrected chi connectivity index (χ0v) is 17.2. The van der Waals surface area contributed by atoms with Gasteiger partial charge >= 0.3 is 5.97 Å². The lowest BCUT2D eigenvalue weighted by Gasteiger charge is -2.23. The molecule has 4 rings (SSSR count). The number of hydrogen-bond donors (Lipinski definition) is 1. The van der Waals surface area contributed by atoms with E-state index < -0.39 is 29.8 Å². The van der Waals surface area contributed by atoms with Crippen molar-refractivity contribution in [2.75, 3.05) is 0 Å². The summed E-state index contributed by atoms with van der Waals surface area (Å²) in [6.45, 7) is 0. The molecule has 32 heavy (non-hydrogen) atoms. The van der Waals surface area contributed by atoms with Gasteiger partial charge in [0.25, 0.3) is 0 Å². The molecule has 7 nitrogen and oxygen atoms in total. The summed E-state index contributed by atoms with van der Waals surface area (Å²) in [6, 6.07) is 11.8. The Bertz CT molecular complexity index is 1160. The van der Waals surface area contributed by atoms with E-state index in [0.717, 1.165) is 0 Å². The number of carbonyl (C=O) groups excluding carboxylic acids is 1. The van der Waals surface area contributed by atoms with Crippen molar-refractivity contribution in [1.82, 2.24) is 20.2 Å². The number of cyclic esters (lactones) is 1. The number of ether oxygens (including phenoxy) is 1. The van der Waals surface area contributed by atoms with Crippen LogP contribution < -0.4 is 0 Å². The third-order valence-electron chi connectivity index (χ3n) is 5.02. The molecule has 0 radical (unpaired) electrons. The first-order valence-electron chi connectivity index (χ1n) is 9.95. The van der Waals surface area contributed by atoms with E-state index in [2.05, 4.69) is 15.5 Å². The minimum absolute atomic E-state index is 0.0575. The average Bonchev–Trinajstić information content (AvgIpc) is 3.16. The molecule has 1 saturated heterocycles. The topological polar surface area (TPSA) is 90.1 Å². The maximum Gasteiger partial charge on any atom is 0.309 e. The van der Waals surface area contributed by atoms with Crippen LogP contribution in [0.5, 0.6) is 0 Å². The Morgan fingerprint density at radius 2 is 1.81 bits per heavy atom. The number of nitrogens with zero attached hydrogens (tertiary/aromatic N) is 4. The zero-order valence-electron chi connectivity index (χ0n) is 17.2. The summed E-state index contributed by atoms with van der Waals surface area (Å²) < 4.78 is 35.0. The molecular formula is C23H20F2N4O3. The minimum atomic E-state index is -0.805. The first kappa shape index (κ1) is 21.5. The molecule has 2 aromatic carbocycles. The van der Waals surface area contributed by atoms with Crippen molar-refractivity contribution in [3.8, 4) is 0 Å². The number of allylic oxidation sites excluding steroid dienone is 2. The fraction of sp³-hybridized carbons (Fsp3) is 0.217. The van der Waals surface area contributed by atoms with Crippen molar-refractivity contribution in [1.29, 1.82) is 0 Å². The molecule has 0 bridgehead atoms. The first-order valence-corrected chi connectivity index (χ1v) is 9.95. The number of aryl methyl sites for hydroxylation is 1. The lowest BCUT2D eigenvalue weighted by atomic mass is 9.91. The predicted molar refractivity (Wildman–Crippen MR) is 112 cm³/mol. The Labute approximate surface area is 182 Å². The number of hydrogen-bond acceptors (Lipinski definition) is 6. The predicted octanol–water partition coefficient (Wildman–Crippen LogP) is 3.07. The molecule has 0 spiro atoms. The third kappa shape index (κ3) is 4.78. The number of aliphatic hydroxyl groups is 1. The molecule has 1 aliphatic rings. The van der Waals surface area contributed by atoms with Gasteiger partial charge in [-0.25, -0.2) is 13.5 Å². The number of halogens is 2. The molecular weight excluding hydrogens is 418 g/mol. The van der Waals surface area contributed by atoms with Gasteiger partial charge in [0, 0.05) is 24.6 Å². The van der Waals surface area contributed by atoms with Crippen molar-refractivity contribution in [3.05, 3.63) is 89.3 Å². The van der Waals surface area contributed by atoms with Gasteiger partial charge < -0.3 is 9.84 Å². The van der Waals surface area contributed by atoms with Crippen molar-refractivity contribution in [2.45, 2.75) is 25.0 Å². The van der Waals surface area contributed by atoms with Gasteiger partial charge in [-0.05, 0) is 51.9 Å². The minimum Gasteiger partial charge on any atom is -0.458 e. The van der Waals surface area contributed by atoms with Crippen LogP contribution in [0.2, 0.25) is 0 Å². The molecule has 1 N–H and O–H groups in total. The maximum atomic E-state index is 14.1. The van der Waals surface area contributed by atoms with Gasteiger partial charge in [-0.2, -0.15) is 0 Å². The van der Waals surface area contributed by atoms with Crippen LogP contribution in [0.25, 0.3) is 11.1 Å². The molecule has 1 fully saturated rings. The molecule has 2 atom stereocenters. The van der Waals surface area contributed by atoms with E-state index in [1.807, 2.05) is 0 Å². The van der Waals surface area contributed by atoms with E-state index in [4.69, 9.17) is 4.74 Å². The van der Waals surface area contributed by atoms with Crippen molar-refractivity contribution >= 4 is 17.1 Å². The zero-order chi connectivity index (χ0) is 22.7. The van der Waals surface area contributed by atoms with E-state index in [-0.39, 0.29) is 12.8 Å². The van der Waals surface area contributed by atoms with Gasteiger partial charge in [0.05, 0.1) is 12.5 Å². The standard InChI is InChI=1S/C23H20F2N4O3/c1-29-23(26-27-28-29)20(9-8-19-12-18(30)13-21(31)32-19)22(14-4-2-6-16(24)10-14)15-5-3-7-17(25)11-15/h2-11,18-19,30H,12-13H2,1H3/t18-,19-/m1/s1. The van der Waals surface area contributed by atoms with Gasteiger partial charge in [0.2, 0.25) is 0 Å². The summed E-state index contributed by atoms with van der Waals surface area (Å²) in [7, 11) is 1.64. The average molecular weight is 438 g/mol. The Morgan fingerprint density at radius 1 is 1.16 bits per heavy atom. The highest BCUT2D eigenvalue weighted by Gasteiger charge is 2.26. The van der Waals surface area contributed by atoms with Crippen molar-refractivity contribution < 1.29 is 23.4 Å². The van der Waals surface area contributed by atoms with Crippen LogP contribution in [0, 0.1) is 11.6 Å². The molecule has 2 heterocycles. The van der Waals surface area contributed by atoms with Crippen LogP contribution in [0.1, 0.15) is 29.8 Å². The number of aromatic nitrogens is 4. The van der Waals surface area contributed by atoms with Crippen LogP contribution in [0.15, 0.2) is 60.7 Å². The van der Waals surface area contributed by atoms with E-state index >= 15 is 0 Å². The maximum absolute atomic E-state index is 14.1.